The van der Waals surface area contributed by atoms with Gasteiger partial charge in [-0.15, -0.1) is 0 Å². The molecule has 0 bridgehead atoms. The second-order valence-corrected chi connectivity index (χ2v) is 5.94. The van der Waals surface area contributed by atoms with Gasteiger partial charge in [0.25, 0.3) is 0 Å². The summed E-state index contributed by atoms with van der Waals surface area (Å²) >= 11 is 2.04. The number of hydrogen-bond acceptors (Lipinski definition) is 2. The molecule has 90 valence electrons. The van der Waals surface area contributed by atoms with E-state index in [2.05, 4.69) is 56.4 Å². The second-order valence-electron chi connectivity index (χ2n) is 4.33. The highest BCUT2D eigenvalue weighted by Crippen LogP contribution is 2.13. The van der Waals surface area contributed by atoms with Crippen LogP contribution in [0.3, 0.4) is 0 Å². The van der Waals surface area contributed by atoms with Crippen molar-refractivity contribution in [1.82, 2.24) is 5.32 Å². The summed E-state index contributed by atoms with van der Waals surface area (Å²) in [4.78, 5) is 0. The van der Waals surface area contributed by atoms with Gasteiger partial charge < -0.3 is 5.32 Å². The number of hydrogen-bond donors (Lipinski definition) is 1. The fraction of sp³-hybridized carbons (Fsp3) is 0.571. The Morgan fingerprint density at radius 3 is 2.44 bits per heavy atom. The molecule has 0 aromatic heterocycles. The molecule has 0 aliphatic rings. The van der Waals surface area contributed by atoms with Crippen molar-refractivity contribution in [3.8, 4) is 0 Å². The van der Waals surface area contributed by atoms with Crippen LogP contribution in [0.1, 0.15) is 26.3 Å². The summed E-state index contributed by atoms with van der Waals surface area (Å²) < 4.78 is 0. The van der Waals surface area contributed by atoms with E-state index in [-0.39, 0.29) is 0 Å². The zero-order valence-corrected chi connectivity index (χ0v) is 11.4. The Labute approximate surface area is 104 Å². The van der Waals surface area contributed by atoms with Gasteiger partial charge in [-0.2, -0.15) is 11.8 Å². The SMILES string of the molecule is CCNC(CSC(C)C)Cc1ccccc1. The van der Waals surface area contributed by atoms with Gasteiger partial charge in [-0.05, 0) is 23.8 Å². The first kappa shape index (κ1) is 13.6. The summed E-state index contributed by atoms with van der Waals surface area (Å²) in [6, 6.07) is 11.3. The van der Waals surface area contributed by atoms with Crippen LogP contribution in [-0.4, -0.2) is 23.6 Å². The largest absolute Gasteiger partial charge is 0.313 e. The third kappa shape index (κ3) is 5.57. The van der Waals surface area contributed by atoms with Crippen LogP contribution in [0.2, 0.25) is 0 Å². The fourth-order valence-electron chi connectivity index (χ4n) is 1.69. The van der Waals surface area contributed by atoms with Gasteiger partial charge in [0.2, 0.25) is 0 Å². The van der Waals surface area contributed by atoms with E-state index in [1.165, 1.54) is 11.3 Å². The molecule has 1 nitrogen and oxygen atoms in total. The first-order chi connectivity index (χ1) is 7.72. The average Bonchev–Trinajstić information content (AvgIpc) is 2.27. The predicted molar refractivity (Wildman–Crippen MR) is 75.2 cm³/mol. The Kier molecular flexibility index (Phi) is 6.58. The molecular formula is C14H23NS. The number of thioether (sulfide) groups is 1. The van der Waals surface area contributed by atoms with E-state index in [1.54, 1.807) is 0 Å². The van der Waals surface area contributed by atoms with E-state index >= 15 is 0 Å². The van der Waals surface area contributed by atoms with E-state index in [4.69, 9.17) is 0 Å². The molecule has 0 heterocycles. The minimum absolute atomic E-state index is 0.597. The highest BCUT2D eigenvalue weighted by atomic mass is 32.2. The molecule has 1 atom stereocenters. The lowest BCUT2D eigenvalue weighted by atomic mass is 10.1. The Balaban J connectivity index is 2.44. The average molecular weight is 237 g/mol. The quantitative estimate of drug-likeness (QED) is 0.780. The number of rotatable bonds is 7. The zero-order chi connectivity index (χ0) is 11.8. The third-order valence-corrected chi connectivity index (χ3v) is 3.71. The Morgan fingerprint density at radius 2 is 1.88 bits per heavy atom. The highest BCUT2D eigenvalue weighted by molar-refractivity contribution is 7.99. The maximum Gasteiger partial charge on any atom is 0.0198 e. The van der Waals surface area contributed by atoms with Crippen molar-refractivity contribution < 1.29 is 0 Å². The van der Waals surface area contributed by atoms with Crippen molar-refractivity contribution in [2.75, 3.05) is 12.3 Å². The topological polar surface area (TPSA) is 12.0 Å². The summed E-state index contributed by atoms with van der Waals surface area (Å²) in [5, 5.41) is 4.28. The van der Waals surface area contributed by atoms with Gasteiger partial charge >= 0.3 is 0 Å². The molecule has 16 heavy (non-hydrogen) atoms. The maximum atomic E-state index is 3.57. The highest BCUT2D eigenvalue weighted by Gasteiger charge is 2.09. The molecule has 0 saturated heterocycles. The van der Waals surface area contributed by atoms with Crippen LogP contribution in [-0.2, 0) is 6.42 Å². The van der Waals surface area contributed by atoms with Gasteiger partial charge in [0.05, 0.1) is 0 Å². The molecular weight excluding hydrogens is 214 g/mol. The monoisotopic (exact) mass is 237 g/mol. The van der Waals surface area contributed by atoms with Gasteiger partial charge in [0.1, 0.15) is 0 Å². The third-order valence-electron chi connectivity index (χ3n) is 2.45. The van der Waals surface area contributed by atoms with Crippen LogP contribution in [0.4, 0.5) is 0 Å². The normalized spacial score (nSPS) is 13.0. The first-order valence-electron chi connectivity index (χ1n) is 6.11. The molecule has 0 aliphatic carbocycles. The van der Waals surface area contributed by atoms with Crippen molar-refractivity contribution in [2.45, 2.75) is 38.5 Å². The summed E-state index contributed by atoms with van der Waals surface area (Å²) in [5.41, 5.74) is 1.43. The van der Waals surface area contributed by atoms with E-state index in [0.29, 0.717) is 6.04 Å². The minimum Gasteiger partial charge on any atom is -0.313 e. The van der Waals surface area contributed by atoms with Crippen molar-refractivity contribution in [2.24, 2.45) is 0 Å². The van der Waals surface area contributed by atoms with Crippen LogP contribution in [0.25, 0.3) is 0 Å². The smallest absolute Gasteiger partial charge is 0.0198 e. The fourth-order valence-corrected chi connectivity index (χ4v) is 2.54. The first-order valence-corrected chi connectivity index (χ1v) is 7.16. The van der Waals surface area contributed by atoms with Crippen LogP contribution in [0.15, 0.2) is 30.3 Å². The Bertz CT molecular complexity index is 271. The summed E-state index contributed by atoms with van der Waals surface area (Å²) in [6.07, 6.45) is 1.13. The van der Waals surface area contributed by atoms with Crippen molar-refractivity contribution in [3.63, 3.8) is 0 Å². The molecule has 1 unspecified atom stereocenters. The van der Waals surface area contributed by atoms with E-state index in [0.717, 1.165) is 18.2 Å². The molecule has 0 fully saturated rings. The molecule has 0 radical (unpaired) electrons. The molecule has 0 saturated carbocycles. The lowest BCUT2D eigenvalue weighted by Crippen LogP contribution is -2.33. The molecule has 1 rings (SSSR count). The number of likely N-dealkylation sites (N-methyl/N-ethyl adjacent to an activating group) is 1. The molecule has 0 spiro atoms. The van der Waals surface area contributed by atoms with Crippen molar-refractivity contribution >= 4 is 11.8 Å². The molecule has 0 amide bonds. The van der Waals surface area contributed by atoms with E-state index in [9.17, 15) is 0 Å². The Morgan fingerprint density at radius 1 is 1.19 bits per heavy atom. The zero-order valence-electron chi connectivity index (χ0n) is 10.6. The lowest BCUT2D eigenvalue weighted by molar-refractivity contribution is 0.572. The van der Waals surface area contributed by atoms with Gasteiger partial charge in [0.15, 0.2) is 0 Å². The van der Waals surface area contributed by atoms with Gasteiger partial charge in [-0.25, -0.2) is 0 Å². The van der Waals surface area contributed by atoms with Crippen LogP contribution in [0.5, 0.6) is 0 Å². The van der Waals surface area contributed by atoms with E-state index in [1.807, 2.05) is 11.8 Å². The van der Waals surface area contributed by atoms with E-state index < -0.39 is 0 Å². The summed E-state index contributed by atoms with van der Waals surface area (Å²) in [7, 11) is 0. The van der Waals surface area contributed by atoms with Gasteiger partial charge in [-0.3, -0.25) is 0 Å². The van der Waals surface area contributed by atoms with Crippen molar-refractivity contribution in [1.29, 1.82) is 0 Å². The van der Waals surface area contributed by atoms with Crippen molar-refractivity contribution in [3.05, 3.63) is 35.9 Å². The predicted octanol–water partition coefficient (Wildman–Crippen LogP) is 3.35. The van der Waals surface area contributed by atoms with Crippen LogP contribution in [0, 0.1) is 0 Å². The Hall–Kier alpha value is -0.470. The molecule has 1 aromatic carbocycles. The molecule has 1 aromatic rings. The molecule has 2 heteroatoms. The molecule has 0 aliphatic heterocycles. The lowest BCUT2D eigenvalue weighted by Gasteiger charge is -2.18. The summed E-state index contributed by atoms with van der Waals surface area (Å²) in [5.74, 6) is 1.19. The minimum atomic E-state index is 0.597. The number of nitrogens with one attached hydrogen (secondary N) is 1. The van der Waals surface area contributed by atoms with Crippen LogP contribution < -0.4 is 5.32 Å². The molecule has 1 N–H and O–H groups in total. The maximum absolute atomic E-state index is 3.57. The second kappa shape index (κ2) is 7.75. The van der Waals surface area contributed by atoms with Gasteiger partial charge in [-0.1, -0.05) is 51.1 Å². The summed E-state index contributed by atoms with van der Waals surface area (Å²) in [6.45, 7) is 7.75. The van der Waals surface area contributed by atoms with Gasteiger partial charge in [0, 0.05) is 11.8 Å². The standard InChI is InChI=1S/C14H23NS/c1-4-15-14(11-16-12(2)3)10-13-8-6-5-7-9-13/h5-9,12,14-15H,4,10-11H2,1-3H3. The number of benzene rings is 1. The van der Waals surface area contributed by atoms with Crippen LogP contribution >= 0.6 is 11.8 Å².